The summed E-state index contributed by atoms with van der Waals surface area (Å²) in [7, 11) is 0. The number of hydrogen-bond donors (Lipinski definition) is 1. The van der Waals surface area contributed by atoms with Gasteiger partial charge in [0.1, 0.15) is 5.01 Å². The van der Waals surface area contributed by atoms with Crippen LogP contribution in [0.5, 0.6) is 0 Å². The number of hydrogen-bond acceptors (Lipinski definition) is 5. The van der Waals surface area contributed by atoms with E-state index in [0.717, 1.165) is 49.1 Å². The predicted molar refractivity (Wildman–Crippen MR) is 102 cm³/mol. The second-order valence-electron chi connectivity index (χ2n) is 7.57. The molecular weight excluding hydrogens is 348 g/mol. The Hall–Kier alpha value is -1.35. The molecule has 2 aliphatic carbocycles. The lowest BCUT2D eigenvalue weighted by Crippen LogP contribution is -2.21. The van der Waals surface area contributed by atoms with E-state index < -0.39 is 0 Å². The molecule has 0 amide bonds. The van der Waals surface area contributed by atoms with Gasteiger partial charge in [-0.1, -0.05) is 25.6 Å². The van der Waals surface area contributed by atoms with Crippen molar-refractivity contribution < 1.29 is 5.11 Å². The molecule has 3 nitrogen and oxygen atoms in total. The maximum Gasteiger partial charge on any atom is 0.102 e. The summed E-state index contributed by atoms with van der Waals surface area (Å²) in [5.74, 6) is 0. The van der Waals surface area contributed by atoms with Gasteiger partial charge in [-0.05, 0) is 60.8 Å². The summed E-state index contributed by atoms with van der Waals surface area (Å²) in [6.45, 7) is 4.15. The first kappa shape index (κ1) is 17.1. The summed E-state index contributed by atoms with van der Waals surface area (Å²) in [6, 6.07) is 2.50. The Morgan fingerprint density at radius 2 is 1.76 bits per heavy atom. The molecule has 25 heavy (non-hydrogen) atoms. The van der Waals surface area contributed by atoms with Crippen LogP contribution in [0.3, 0.4) is 0 Å². The lowest BCUT2D eigenvalue weighted by molar-refractivity contribution is 0.218. The van der Waals surface area contributed by atoms with Crippen molar-refractivity contribution in [2.45, 2.75) is 66.9 Å². The van der Waals surface area contributed by atoms with Crippen LogP contribution in [0.4, 0.5) is 0 Å². The largest absolute Gasteiger partial charge is 0.395 e. The summed E-state index contributed by atoms with van der Waals surface area (Å²) < 4.78 is 1.18. The highest BCUT2D eigenvalue weighted by Crippen LogP contribution is 2.46. The van der Waals surface area contributed by atoms with Crippen LogP contribution in [0, 0.1) is 11.3 Å². The first-order chi connectivity index (χ1) is 12.0. The third kappa shape index (κ3) is 2.81. The van der Waals surface area contributed by atoms with Crippen LogP contribution < -0.4 is 0 Å². The molecule has 0 unspecified atom stereocenters. The SMILES string of the molecule is CC(C)(CO)c1ncc(Sc2c3c(c(C#N)c4c2CCC4)CCC3)s1. The molecule has 0 bridgehead atoms. The Labute approximate surface area is 157 Å². The molecule has 1 N–H and O–H groups in total. The molecular formula is C20H22N2OS2. The van der Waals surface area contributed by atoms with Crippen LogP contribution in [0.25, 0.3) is 0 Å². The fourth-order valence-electron chi connectivity index (χ4n) is 3.95. The highest BCUT2D eigenvalue weighted by atomic mass is 32.2. The number of benzene rings is 1. The standard InChI is InChI=1S/C20H22N2OS2/c1-20(2,11-23)19-22-10-17(25-19)24-18-14-7-3-5-12(14)16(9-21)13-6-4-8-15(13)18/h10,23H,3-8,11H2,1-2H3. The molecule has 0 atom stereocenters. The van der Waals surface area contributed by atoms with E-state index in [-0.39, 0.29) is 12.0 Å². The molecule has 0 saturated carbocycles. The van der Waals surface area contributed by atoms with Gasteiger partial charge in [0, 0.05) is 10.3 Å². The van der Waals surface area contributed by atoms with Crippen molar-refractivity contribution in [2.75, 3.05) is 6.61 Å². The van der Waals surface area contributed by atoms with Gasteiger partial charge in [-0.2, -0.15) is 5.26 Å². The number of nitrogens with zero attached hydrogens (tertiary/aromatic N) is 2. The number of aliphatic hydroxyl groups excluding tert-OH is 1. The van der Waals surface area contributed by atoms with Crippen LogP contribution in [-0.2, 0) is 31.1 Å². The van der Waals surface area contributed by atoms with Gasteiger partial charge in [0.05, 0.1) is 28.6 Å². The first-order valence-electron chi connectivity index (χ1n) is 8.89. The Morgan fingerprint density at radius 1 is 1.16 bits per heavy atom. The summed E-state index contributed by atoms with van der Waals surface area (Å²) in [6.07, 6.45) is 8.54. The highest BCUT2D eigenvalue weighted by molar-refractivity contribution is 8.01. The molecule has 2 aliphatic rings. The summed E-state index contributed by atoms with van der Waals surface area (Å²) in [5, 5.41) is 20.3. The van der Waals surface area contributed by atoms with E-state index in [1.54, 1.807) is 11.3 Å². The monoisotopic (exact) mass is 370 g/mol. The van der Waals surface area contributed by atoms with Gasteiger partial charge >= 0.3 is 0 Å². The Morgan fingerprint density at radius 3 is 2.32 bits per heavy atom. The average Bonchev–Trinajstić information content (AvgIpc) is 3.34. The zero-order valence-corrected chi connectivity index (χ0v) is 16.3. The second kappa shape index (κ2) is 6.42. The fourth-order valence-corrected chi connectivity index (χ4v) is 6.35. The van der Waals surface area contributed by atoms with Crippen LogP contribution in [0.15, 0.2) is 15.3 Å². The summed E-state index contributed by atoms with van der Waals surface area (Å²) >= 11 is 3.52. The van der Waals surface area contributed by atoms with E-state index in [0.29, 0.717) is 0 Å². The number of aromatic nitrogens is 1. The van der Waals surface area contributed by atoms with E-state index in [2.05, 4.69) is 11.1 Å². The topological polar surface area (TPSA) is 56.9 Å². The maximum atomic E-state index is 9.68. The van der Waals surface area contributed by atoms with Crippen molar-refractivity contribution in [3.05, 3.63) is 39.0 Å². The third-order valence-electron chi connectivity index (χ3n) is 5.36. The average molecular weight is 371 g/mol. The molecule has 0 fully saturated rings. The molecule has 4 rings (SSSR count). The number of aliphatic hydroxyl groups is 1. The highest BCUT2D eigenvalue weighted by Gasteiger charge is 2.30. The van der Waals surface area contributed by atoms with Crippen molar-refractivity contribution in [1.29, 1.82) is 5.26 Å². The lowest BCUT2D eigenvalue weighted by Gasteiger charge is -2.18. The minimum atomic E-state index is -0.294. The van der Waals surface area contributed by atoms with Crippen molar-refractivity contribution in [1.82, 2.24) is 4.98 Å². The molecule has 5 heteroatoms. The number of thiazole rings is 1. The maximum absolute atomic E-state index is 9.68. The molecule has 0 saturated heterocycles. The van der Waals surface area contributed by atoms with Crippen LogP contribution >= 0.6 is 23.1 Å². The van der Waals surface area contributed by atoms with E-state index in [1.807, 2.05) is 31.8 Å². The Bertz CT molecular complexity index is 842. The van der Waals surface area contributed by atoms with Gasteiger partial charge in [-0.3, -0.25) is 0 Å². The molecule has 1 aromatic heterocycles. The predicted octanol–water partition coefficient (Wildman–Crippen LogP) is 4.41. The lowest BCUT2D eigenvalue weighted by atomic mass is 9.95. The van der Waals surface area contributed by atoms with Crippen molar-refractivity contribution in [3.8, 4) is 6.07 Å². The molecule has 0 spiro atoms. The zero-order chi connectivity index (χ0) is 17.6. The van der Waals surface area contributed by atoms with Crippen LogP contribution in [0.1, 0.15) is 59.5 Å². The molecule has 0 aliphatic heterocycles. The van der Waals surface area contributed by atoms with Crippen LogP contribution in [0.2, 0.25) is 0 Å². The number of nitriles is 1. The molecule has 1 heterocycles. The van der Waals surface area contributed by atoms with Gasteiger partial charge in [0.15, 0.2) is 0 Å². The normalized spacial score (nSPS) is 15.9. The van der Waals surface area contributed by atoms with Gasteiger partial charge in [0.2, 0.25) is 0 Å². The van der Waals surface area contributed by atoms with Gasteiger partial charge in [-0.15, -0.1) is 11.3 Å². The van der Waals surface area contributed by atoms with E-state index in [1.165, 1.54) is 31.4 Å². The second-order valence-corrected chi connectivity index (χ2v) is 9.91. The van der Waals surface area contributed by atoms with E-state index in [9.17, 15) is 10.4 Å². The van der Waals surface area contributed by atoms with Crippen LogP contribution in [-0.4, -0.2) is 16.7 Å². The van der Waals surface area contributed by atoms with Gasteiger partial charge < -0.3 is 5.11 Å². The third-order valence-corrected chi connectivity index (χ3v) is 8.02. The Balaban J connectivity index is 1.77. The minimum absolute atomic E-state index is 0.103. The van der Waals surface area contributed by atoms with Gasteiger partial charge in [-0.25, -0.2) is 4.98 Å². The smallest absolute Gasteiger partial charge is 0.102 e. The number of fused-ring (bicyclic) bond motifs is 2. The zero-order valence-electron chi connectivity index (χ0n) is 14.7. The van der Waals surface area contributed by atoms with Crippen molar-refractivity contribution in [3.63, 3.8) is 0 Å². The van der Waals surface area contributed by atoms with Crippen molar-refractivity contribution >= 4 is 23.1 Å². The first-order valence-corrected chi connectivity index (χ1v) is 10.5. The fraction of sp³-hybridized carbons (Fsp3) is 0.500. The quantitative estimate of drug-likeness (QED) is 0.866. The minimum Gasteiger partial charge on any atom is -0.395 e. The molecule has 2 aromatic rings. The Kier molecular flexibility index (Phi) is 4.39. The summed E-state index contributed by atoms with van der Waals surface area (Å²) in [5.41, 5.74) is 6.14. The van der Waals surface area contributed by atoms with E-state index >= 15 is 0 Å². The summed E-state index contributed by atoms with van der Waals surface area (Å²) in [4.78, 5) is 5.96. The molecule has 1 aromatic carbocycles. The van der Waals surface area contributed by atoms with E-state index in [4.69, 9.17) is 0 Å². The molecule has 0 radical (unpaired) electrons. The molecule has 130 valence electrons. The van der Waals surface area contributed by atoms with Gasteiger partial charge in [0.25, 0.3) is 0 Å². The van der Waals surface area contributed by atoms with Crippen molar-refractivity contribution in [2.24, 2.45) is 0 Å². The number of rotatable bonds is 4.